The summed E-state index contributed by atoms with van der Waals surface area (Å²) in [6.07, 6.45) is 2.02. The highest BCUT2D eigenvalue weighted by molar-refractivity contribution is 6.30. The smallest absolute Gasteiger partial charge is 0.230 e. The van der Waals surface area contributed by atoms with Crippen molar-refractivity contribution in [2.24, 2.45) is 5.41 Å². The number of piperidine rings is 1. The van der Waals surface area contributed by atoms with Gasteiger partial charge < -0.3 is 10.2 Å². The van der Waals surface area contributed by atoms with Crippen molar-refractivity contribution in [2.45, 2.75) is 46.2 Å². The molecule has 0 radical (unpaired) electrons. The first kappa shape index (κ1) is 16.3. The molecule has 1 amide bonds. The van der Waals surface area contributed by atoms with E-state index in [0.29, 0.717) is 11.6 Å². The van der Waals surface area contributed by atoms with E-state index in [-0.39, 0.29) is 17.4 Å². The molecule has 21 heavy (non-hydrogen) atoms. The molecule has 1 heterocycles. The molecular weight excluding hydrogens is 284 g/mol. The van der Waals surface area contributed by atoms with E-state index in [4.69, 9.17) is 11.6 Å². The van der Waals surface area contributed by atoms with E-state index in [1.807, 2.05) is 29.2 Å². The maximum atomic E-state index is 13.0. The predicted octanol–water partition coefficient (Wildman–Crippen LogP) is 3.47. The van der Waals surface area contributed by atoms with Crippen LogP contribution >= 0.6 is 11.6 Å². The Bertz CT molecular complexity index is 495. The lowest BCUT2D eigenvalue weighted by atomic mass is 9.81. The van der Waals surface area contributed by atoms with Crippen LogP contribution in [0.25, 0.3) is 0 Å². The molecule has 1 unspecified atom stereocenters. The van der Waals surface area contributed by atoms with Gasteiger partial charge in [0.1, 0.15) is 0 Å². The van der Waals surface area contributed by atoms with Gasteiger partial charge in [-0.1, -0.05) is 23.7 Å². The third-order valence-electron chi connectivity index (χ3n) is 4.24. The average molecular weight is 309 g/mol. The van der Waals surface area contributed by atoms with E-state index in [2.05, 4.69) is 26.1 Å². The number of halogens is 1. The van der Waals surface area contributed by atoms with Crippen LogP contribution in [0.3, 0.4) is 0 Å². The van der Waals surface area contributed by atoms with Crippen LogP contribution in [0.4, 0.5) is 0 Å². The summed E-state index contributed by atoms with van der Waals surface area (Å²) in [4.78, 5) is 15.0. The zero-order valence-corrected chi connectivity index (χ0v) is 13.9. The van der Waals surface area contributed by atoms with Gasteiger partial charge in [-0.3, -0.25) is 4.79 Å². The minimum atomic E-state index is -0.291. The summed E-state index contributed by atoms with van der Waals surface area (Å²) >= 11 is 6.05. The van der Waals surface area contributed by atoms with Crippen molar-refractivity contribution in [3.8, 4) is 0 Å². The number of hydrogen-bond donors (Lipinski definition) is 1. The van der Waals surface area contributed by atoms with Gasteiger partial charge >= 0.3 is 0 Å². The van der Waals surface area contributed by atoms with Gasteiger partial charge in [-0.25, -0.2) is 0 Å². The van der Waals surface area contributed by atoms with E-state index in [1.54, 1.807) is 0 Å². The third kappa shape index (κ3) is 3.98. The first-order valence-corrected chi connectivity index (χ1v) is 8.06. The Kier molecular flexibility index (Phi) is 5.28. The number of hydrogen-bond acceptors (Lipinski definition) is 2. The lowest BCUT2D eigenvalue weighted by Gasteiger charge is -2.39. The molecule has 3 nitrogen and oxygen atoms in total. The lowest BCUT2D eigenvalue weighted by molar-refractivity contribution is -0.144. The maximum absolute atomic E-state index is 13.0. The Morgan fingerprint density at radius 2 is 2.24 bits per heavy atom. The van der Waals surface area contributed by atoms with E-state index < -0.39 is 0 Å². The first-order chi connectivity index (χ1) is 9.92. The van der Waals surface area contributed by atoms with Crippen molar-refractivity contribution in [3.63, 3.8) is 0 Å². The van der Waals surface area contributed by atoms with Crippen molar-refractivity contribution in [3.05, 3.63) is 34.9 Å². The Morgan fingerprint density at radius 3 is 2.81 bits per heavy atom. The van der Waals surface area contributed by atoms with Crippen molar-refractivity contribution in [1.29, 1.82) is 0 Å². The molecule has 1 aromatic carbocycles. The van der Waals surface area contributed by atoms with Crippen LogP contribution in [0.5, 0.6) is 0 Å². The summed E-state index contributed by atoms with van der Waals surface area (Å²) in [7, 11) is 0. The molecule has 1 atom stereocenters. The molecule has 1 aromatic rings. The summed E-state index contributed by atoms with van der Waals surface area (Å²) in [6, 6.07) is 7.93. The predicted molar refractivity (Wildman–Crippen MR) is 87.3 cm³/mol. The van der Waals surface area contributed by atoms with Gasteiger partial charge in [0.05, 0.1) is 5.41 Å². The van der Waals surface area contributed by atoms with Gasteiger partial charge in [-0.15, -0.1) is 0 Å². The monoisotopic (exact) mass is 308 g/mol. The number of rotatable bonds is 4. The van der Waals surface area contributed by atoms with E-state index in [1.165, 1.54) is 0 Å². The first-order valence-electron chi connectivity index (χ1n) is 7.68. The standard InChI is InChI=1S/C17H25ClN2O/c1-13(2)20(11-14-6-4-7-15(18)10-14)16(21)17(3)8-5-9-19-12-17/h4,6-7,10,13,19H,5,8-9,11-12H2,1-3H3. The fourth-order valence-corrected chi connectivity index (χ4v) is 3.12. The molecule has 4 heteroatoms. The van der Waals surface area contributed by atoms with Gasteiger partial charge in [-0.2, -0.15) is 0 Å². The fraction of sp³-hybridized carbons (Fsp3) is 0.588. The number of amides is 1. The van der Waals surface area contributed by atoms with Crippen molar-refractivity contribution in [2.75, 3.05) is 13.1 Å². The van der Waals surface area contributed by atoms with Crippen molar-refractivity contribution in [1.82, 2.24) is 10.2 Å². The quantitative estimate of drug-likeness (QED) is 0.924. The molecule has 0 aromatic heterocycles. The average Bonchev–Trinajstić information content (AvgIpc) is 2.44. The van der Waals surface area contributed by atoms with Crippen molar-refractivity contribution >= 4 is 17.5 Å². The molecule has 0 bridgehead atoms. The van der Waals surface area contributed by atoms with Gasteiger partial charge in [0.2, 0.25) is 5.91 Å². The lowest BCUT2D eigenvalue weighted by Crippen LogP contribution is -2.51. The summed E-state index contributed by atoms with van der Waals surface area (Å²) in [5.74, 6) is 0.240. The largest absolute Gasteiger partial charge is 0.335 e. The second kappa shape index (κ2) is 6.80. The molecule has 0 aliphatic carbocycles. The summed E-state index contributed by atoms with van der Waals surface area (Å²) in [6.45, 7) is 8.62. The number of benzene rings is 1. The second-order valence-electron chi connectivity index (χ2n) is 6.50. The molecule has 1 aliphatic heterocycles. The highest BCUT2D eigenvalue weighted by Gasteiger charge is 2.38. The van der Waals surface area contributed by atoms with E-state index in [0.717, 1.165) is 31.5 Å². The topological polar surface area (TPSA) is 32.3 Å². The van der Waals surface area contributed by atoms with Crippen LogP contribution < -0.4 is 5.32 Å². The molecule has 116 valence electrons. The summed E-state index contributed by atoms with van der Waals surface area (Å²) in [5.41, 5.74) is 0.790. The molecule has 2 rings (SSSR count). The SMILES string of the molecule is CC(C)N(Cc1cccc(Cl)c1)C(=O)C1(C)CCCNC1. The molecule has 1 saturated heterocycles. The normalized spacial score (nSPS) is 22.3. The van der Waals surface area contributed by atoms with Crippen LogP contribution in [0.1, 0.15) is 39.2 Å². The van der Waals surface area contributed by atoms with Crippen LogP contribution in [0, 0.1) is 5.41 Å². The molecule has 1 N–H and O–H groups in total. The zero-order chi connectivity index (χ0) is 15.5. The molecule has 0 spiro atoms. The Labute approximate surface area is 132 Å². The van der Waals surface area contributed by atoms with E-state index in [9.17, 15) is 4.79 Å². The van der Waals surface area contributed by atoms with Gasteiger partial charge in [0.25, 0.3) is 0 Å². The maximum Gasteiger partial charge on any atom is 0.230 e. The number of carbonyl (C=O) groups is 1. The minimum Gasteiger partial charge on any atom is -0.335 e. The third-order valence-corrected chi connectivity index (χ3v) is 4.47. The second-order valence-corrected chi connectivity index (χ2v) is 6.93. The van der Waals surface area contributed by atoms with Gasteiger partial charge in [-0.05, 0) is 57.9 Å². The van der Waals surface area contributed by atoms with Gasteiger partial charge in [0, 0.05) is 24.2 Å². The number of carbonyl (C=O) groups excluding carboxylic acids is 1. The van der Waals surface area contributed by atoms with Crippen LogP contribution in [0.2, 0.25) is 5.02 Å². The van der Waals surface area contributed by atoms with Crippen LogP contribution in [-0.2, 0) is 11.3 Å². The van der Waals surface area contributed by atoms with E-state index >= 15 is 0 Å². The van der Waals surface area contributed by atoms with Crippen molar-refractivity contribution < 1.29 is 4.79 Å². The Morgan fingerprint density at radius 1 is 1.48 bits per heavy atom. The molecule has 0 saturated carbocycles. The highest BCUT2D eigenvalue weighted by Crippen LogP contribution is 2.29. The minimum absolute atomic E-state index is 0.176. The summed E-state index contributed by atoms with van der Waals surface area (Å²) < 4.78 is 0. The summed E-state index contributed by atoms with van der Waals surface area (Å²) in [5, 5.41) is 4.07. The molecule has 1 fully saturated rings. The molecule has 1 aliphatic rings. The van der Waals surface area contributed by atoms with Crippen LogP contribution in [-0.4, -0.2) is 29.9 Å². The zero-order valence-electron chi connectivity index (χ0n) is 13.2. The number of nitrogens with zero attached hydrogens (tertiary/aromatic N) is 1. The van der Waals surface area contributed by atoms with Crippen LogP contribution in [0.15, 0.2) is 24.3 Å². The number of nitrogens with one attached hydrogen (secondary N) is 1. The fourth-order valence-electron chi connectivity index (χ4n) is 2.91. The highest BCUT2D eigenvalue weighted by atomic mass is 35.5. The molecular formula is C17H25ClN2O. The Hall–Kier alpha value is -1.06. The van der Waals surface area contributed by atoms with Gasteiger partial charge in [0.15, 0.2) is 0 Å². The Balaban J connectivity index is 2.16.